The van der Waals surface area contributed by atoms with Gasteiger partial charge in [-0.25, -0.2) is 8.42 Å². The number of nitrogens with zero attached hydrogens (tertiary/aromatic N) is 1. The van der Waals surface area contributed by atoms with Gasteiger partial charge in [-0.2, -0.15) is 11.3 Å². The molecular formula is C16H17ClN2O3S2. The highest BCUT2D eigenvalue weighted by molar-refractivity contribution is 7.92. The number of amides is 1. The number of thiophene rings is 1. The van der Waals surface area contributed by atoms with E-state index in [0.29, 0.717) is 12.1 Å². The minimum atomic E-state index is -3.47. The van der Waals surface area contributed by atoms with Crippen molar-refractivity contribution in [3.63, 3.8) is 0 Å². The Hall–Kier alpha value is -1.57. The number of benzene rings is 1. The van der Waals surface area contributed by atoms with Crippen LogP contribution in [0.2, 0.25) is 5.02 Å². The standard InChI is InChI=1S/C16H17ClN2O3S2/c1-24(21,22)18-15-8-12(2-5-14(15)17)16(20)19(13-3-4-13)9-11-6-7-23-10-11/h2,5-8,10,13,18H,3-4,9H2,1H3. The van der Waals surface area contributed by atoms with Crippen molar-refractivity contribution in [3.8, 4) is 0 Å². The molecule has 5 nitrogen and oxygen atoms in total. The van der Waals surface area contributed by atoms with Gasteiger partial charge in [0.05, 0.1) is 17.0 Å². The van der Waals surface area contributed by atoms with Crippen LogP contribution in [0.5, 0.6) is 0 Å². The van der Waals surface area contributed by atoms with Crippen LogP contribution in [0, 0.1) is 0 Å². The van der Waals surface area contributed by atoms with E-state index in [4.69, 9.17) is 11.6 Å². The summed E-state index contributed by atoms with van der Waals surface area (Å²) in [5, 5.41) is 4.27. The van der Waals surface area contributed by atoms with Gasteiger partial charge in [-0.05, 0) is 53.4 Å². The summed E-state index contributed by atoms with van der Waals surface area (Å²) in [6, 6.07) is 6.92. The normalized spacial score (nSPS) is 14.4. The van der Waals surface area contributed by atoms with Gasteiger partial charge in [-0.3, -0.25) is 9.52 Å². The second kappa shape index (κ2) is 6.74. The molecule has 1 aromatic heterocycles. The number of carbonyl (C=O) groups is 1. The molecule has 1 amide bonds. The highest BCUT2D eigenvalue weighted by atomic mass is 35.5. The van der Waals surface area contributed by atoms with Crippen LogP contribution in [-0.4, -0.2) is 31.5 Å². The van der Waals surface area contributed by atoms with Crippen LogP contribution in [0.25, 0.3) is 0 Å². The van der Waals surface area contributed by atoms with Crippen molar-refractivity contribution in [3.05, 3.63) is 51.2 Å². The molecule has 8 heteroatoms. The molecule has 1 aromatic carbocycles. The predicted octanol–water partition coefficient (Wildman–Crippen LogP) is 3.58. The van der Waals surface area contributed by atoms with E-state index in [1.54, 1.807) is 17.4 Å². The predicted molar refractivity (Wildman–Crippen MR) is 97.1 cm³/mol. The van der Waals surface area contributed by atoms with Crippen LogP contribution in [0.15, 0.2) is 35.0 Å². The molecule has 1 aliphatic rings. The molecule has 2 aromatic rings. The van der Waals surface area contributed by atoms with E-state index in [0.717, 1.165) is 24.7 Å². The molecule has 0 radical (unpaired) electrons. The van der Waals surface area contributed by atoms with Gasteiger partial charge in [0.1, 0.15) is 0 Å². The van der Waals surface area contributed by atoms with Crippen molar-refractivity contribution in [2.45, 2.75) is 25.4 Å². The summed E-state index contributed by atoms with van der Waals surface area (Å²) in [5.41, 5.74) is 1.74. The summed E-state index contributed by atoms with van der Waals surface area (Å²) < 4.78 is 25.2. The summed E-state index contributed by atoms with van der Waals surface area (Å²) in [7, 11) is -3.47. The number of nitrogens with one attached hydrogen (secondary N) is 1. The first-order valence-electron chi connectivity index (χ1n) is 7.43. The molecule has 0 saturated heterocycles. The molecular weight excluding hydrogens is 368 g/mol. The van der Waals surface area contributed by atoms with Crippen LogP contribution < -0.4 is 4.72 Å². The van der Waals surface area contributed by atoms with Gasteiger partial charge in [0.25, 0.3) is 5.91 Å². The SMILES string of the molecule is CS(=O)(=O)Nc1cc(C(=O)N(Cc2ccsc2)C2CC2)ccc1Cl. The largest absolute Gasteiger partial charge is 0.331 e. The van der Waals surface area contributed by atoms with E-state index in [-0.39, 0.29) is 22.7 Å². The summed E-state index contributed by atoms with van der Waals surface area (Å²) in [6.45, 7) is 0.560. The van der Waals surface area contributed by atoms with Crippen LogP contribution in [-0.2, 0) is 16.6 Å². The lowest BCUT2D eigenvalue weighted by atomic mass is 10.1. The zero-order chi connectivity index (χ0) is 17.3. The van der Waals surface area contributed by atoms with Crippen LogP contribution in [0.4, 0.5) is 5.69 Å². The lowest BCUT2D eigenvalue weighted by Crippen LogP contribution is -2.32. The Balaban J connectivity index is 1.86. The van der Waals surface area contributed by atoms with Crippen molar-refractivity contribution in [2.24, 2.45) is 0 Å². The van der Waals surface area contributed by atoms with Gasteiger partial charge in [-0.15, -0.1) is 0 Å². The molecule has 1 fully saturated rings. The first kappa shape index (κ1) is 17.3. The Kier molecular flexibility index (Phi) is 4.85. The molecule has 0 unspecified atom stereocenters. The van der Waals surface area contributed by atoms with Gasteiger partial charge in [0.2, 0.25) is 10.0 Å². The van der Waals surface area contributed by atoms with Crippen LogP contribution in [0.1, 0.15) is 28.8 Å². The maximum Gasteiger partial charge on any atom is 0.254 e. The zero-order valence-corrected chi connectivity index (χ0v) is 15.4. The van der Waals surface area contributed by atoms with E-state index < -0.39 is 10.0 Å². The molecule has 1 saturated carbocycles. The number of carbonyl (C=O) groups excluding carboxylic acids is 1. The molecule has 0 aliphatic heterocycles. The van der Waals surface area contributed by atoms with Crippen molar-refractivity contribution in [1.29, 1.82) is 0 Å². The molecule has 1 aliphatic carbocycles. The van der Waals surface area contributed by atoms with Crippen molar-refractivity contribution in [2.75, 3.05) is 11.0 Å². The Morgan fingerprint density at radius 2 is 2.12 bits per heavy atom. The topological polar surface area (TPSA) is 66.5 Å². The highest BCUT2D eigenvalue weighted by Crippen LogP contribution is 2.31. The minimum absolute atomic E-state index is 0.114. The molecule has 0 bridgehead atoms. The second-order valence-electron chi connectivity index (χ2n) is 5.86. The van der Waals surface area contributed by atoms with E-state index in [1.807, 2.05) is 21.7 Å². The molecule has 0 spiro atoms. The Morgan fingerprint density at radius 1 is 1.38 bits per heavy atom. The number of halogens is 1. The summed E-state index contributed by atoms with van der Waals surface area (Å²) >= 11 is 7.63. The van der Waals surface area contributed by atoms with E-state index in [1.165, 1.54) is 12.1 Å². The van der Waals surface area contributed by atoms with Crippen LogP contribution >= 0.6 is 22.9 Å². The molecule has 24 heavy (non-hydrogen) atoms. The number of anilines is 1. The Bertz CT molecular complexity index is 846. The van der Waals surface area contributed by atoms with Crippen molar-refractivity contribution >= 4 is 44.6 Å². The van der Waals surface area contributed by atoms with Gasteiger partial charge in [-0.1, -0.05) is 11.6 Å². The minimum Gasteiger partial charge on any atom is -0.331 e. The summed E-state index contributed by atoms with van der Waals surface area (Å²) in [6.07, 6.45) is 3.04. The van der Waals surface area contributed by atoms with E-state index in [9.17, 15) is 13.2 Å². The van der Waals surface area contributed by atoms with Crippen molar-refractivity contribution < 1.29 is 13.2 Å². The monoisotopic (exact) mass is 384 g/mol. The third-order valence-corrected chi connectivity index (χ3v) is 5.34. The van der Waals surface area contributed by atoms with E-state index >= 15 is 0 Å². The first-order chi connectivity index (χ1) is 11.3. The first-order valence-corrected chi connectivity index (χ1v) is 10.6. The molecule has 1 heterocycles. The van der Waals surface area contributed by atoms with Gasteiger partial charge in [0, 0.05) is 18.2 Å². The van der Waals surface area contributed by atoms with Gasteiger partial charge in [0.15, 0.2) is 0 Å². The number of hydrogen-bond acceptors (Lipinski definition) is 4. The highest BCUT2D eigenvalue weighted by Gasteiger charge is 2.33. The molecule has 0 atom stereocenters. The van der Waals surface area contributed by atoms with E-state index in [2.05, 4.69) is 4.72 Å². The third-order valence-electron chi connectivity index (χ3n) is 3.69. The van der Waals surface area contributed by atoms with Gasteiger partial charge >= 0.3 is 0 Å². The molecule has 3 rings (SSSR count). The lowest BCUT2D eigenvalue weighted by molar-refractivity contribution is 0.0730. The van der Waals surface area contributed by atoms with Gasteiger partial charge < -0.3 is 4.90 Å². The maximum absolute atomic E-state index is 12.9. The maximum atomic E-state index is 12.9. The third kappa shape index (κ3) is 4.28. The lowest BCUT2D eigenvalue weighted by Gasteiger charge is -2.22. The number of sulfonamides is 1. The molecule has 1 N–H and O–H groups in total. The second-order valence-corrected chi connectivity index (χ2v) is 8.80. The van der Waals surface area contributed by atoms with Crippen molar-refractivity contribution in [1.82, 2.24) is 4.90 Å². The zero-order valence-electron chi connectivity index (χ0n) is 13.0. The number of hydrogen-bond donors (Lipinski definition) is 1. The average molecular weight is 385 g/mol. The Morgan fingerprint density at radius 3 is 2.71 bits per heavy atom. The fourth-order valence-corrected chi connectivity index (χ4v) is 3.88. The average Bonchev–Trinajstić information content (AvgIpc) is 3.21. The summed E-state index contributed by atoms with van der Waals surface area (Å²) in [4.78, 5) is 14.7. The Labute approximate surface area is 150 Å². The van der Waals surface area contributed by atoms with Crippen LogP contribution in [0.3, 0.4) is 0 Å². The smallest absolute Gasteiger partial charge is 0.254 e. The summed E-state index contributed by atoms with van der Waals surface area (Å²) in [5.74, 6) is -0.114. The molecule has 128 valence electrons. The fraction of sp³-hybridized carbons (Fsp3) is 0.312. The number of rotatable bonds is 6. The quantitative estimate of drug-likeness (QED) is 0.827. The fourth-order valence-electron chi connectivity index (χ4n) is 2.43.